The van der Waals surface area contributed by atoms with Crippen LogP contribution in [-0.4, -0.2) is 11.8 Å². The molecule has 96 valence electrons. The highest BCUT2D eigenvalue weighted by Crippen LogP contribution is 2.35. The Bertz CT molecular complexity index is 467. The first-order valence-corrected chi connectivity index (χ1v) is 6.52. The second-order valence-electron chi connectivity index (χ2n) is 4.97. The summed E-state index contributed by atoms with van der Waals surface area (Å²) in [5, 5.41) is 2.46. The van der Waals surface area contributed by atoms with E-state index in [1.54, 1.807) is 0 Å². The Morgan fingerprint density at radius 3 is 2.67 bits per heavy atom. The average Bonchev–Trinajstić information content (AvgIpc) is 2.33. The highest BCUT2D eigenvalue weighted by Gasteiger charge is 2.36. The molecule has 3 heteroatoms. The molecule has 0 spiro atoms. The highest BCUT2D eigenvalue weighted by atomic mass is 16.2. The fourth-order valence-electron chi connectivity index (χ4n) is 2.78. The van der Waals surface area contributed by atoms with E-state index in [2.05, 4.69) is 12.2 Å². The molecule has 2 rings (SSSR count). The van der Waals surface area contributed by atoms with Crippen molar-refractivity contribution in [1.29, 1.82) is 0 Å². The van der Waals surface area contributed by atoms with E-state index in [1.807, 2.05) is 31.2 Å². The summed E-state index contributed by atoms with van der Waals surface area (Å²) in [6.07, 6.45) is 2.20. The van der Waals surface area contributed by atoms with E-state index in [0.29, 0.717) is 6.42 Å². The van der Waals surface area contributed by atoms with E-state index in [0.717, 1.165) is 24.0 Å². The first-order valence-electron chi connectivity index (χ1n) is 6.52. The van der Waals surface area contributed by atoms with Crippen molar-refractivity contribution in [3.05, 3.63) is 35.4 Å². The molecule has 0 aliphatic carbocycles. The van der Waals surface area contributed by atoms with Crippen LogP contribution in [0.2, 0.25) is 0 Å². The third kappa shape index (κ3) is 2.45. The summed E-state index contributed by atoms with van der Waals surface area (Å²) in [4.78, 5) is 23.5. The van der Waals surface area contributed by atoms with Crippen LogP contribution in [-0.2, 0) is 9.59 Å². The molecule has 1 saturated heterocycles. The van der Waals surface area contributed by atoms with Gasteiger partial charge < -0.3 is 0 Å². The fourth-order valence-corrected chi connectivity index (χ4v) is 2.78. The quantitative estimate of drug-likeness (QED) is 0.832. The van der Waals surface area contributed by atoms with E-state index < -0.39 is 0 Å². The molecule has 1 aliphatic heterocycles. The van der Waals surface area contributed by atoms with E-state index in [4.69, 9.17) is 0 Å². The second-order valence-corrected chi connectivity index (χ2v) is 4.97. The standard InChI is InChI=1S/C15H19NO2/c1-3-6-12-13(9-14(17)16-15(12)18)11-8-5-4-7-10(11)2/h4-5,7-8,12-13H,3,6,9H2,1-2H3,(H,16,17,18). The van der Waals surface area contributed by atoms with Crippen molar-refractivity contribution in [3.8, 4) is 0 Å². The number of aryl methyl sites for hydroxylation is 1. The molecule has 0 radical (unpaired) electrons. The van der Waals surface area contributed by atoms with Crippen molar-refractivity contribution in [2.24, 2.45) is 5.92 Å². The number of hydrogen-bond acceptors (Lipinski definition) is 2. The van der Waals surface area contributed by atoms with Gasteiger partial charge in [0.05, 0.1) is 0 Å². The summed E-state index contributed by atoms with van der Waals surface area (Å²) < 4.78 is 0. The molecule has 1 aromatic rings. The van der Waals surface area contributed by atoms with E-state index >= 15 is 0 Å². The lowest BCUT2D eigenvalue weighted by Crippen LogP contribution is -2.44. The summed E-state index contributed by atoms with van der Waals surface area (Å²) in [6.45, 7) is 4.11. The Labute approximate surface area is 108 Å². The van der Waals surface area contributed by atoms with Crippen LogP contribution in [0.25, 0.3) is 0 Å². The number of nitrogens with one attached hydrogen (secondary N) is 1. The van der Waals surface area contributed by atoms with Gasteiger partial charge in [-0.05, 0) is 24.5 Å². The number of piperidine rings is 1. The molecule has 0 saturated carbocycles. The Balaban J connectivity index is 2.35. The van der Waals surface area contributed by atoms with Crippen LogP contribution in [0.4, 0.5) is 0 Å². The zero-order chi connectivity index (χ0) is 13.1. The van der Waals surface area contributed by atoms with Gasteiger partial charge in [-0.2, -0.15) is 0 Å². The minimum Gasteiger partial charge on any atom is -0.296 e. The number of carbonyl (C=O) groups excluding carboxylic acids is 2. The number of imide groups is 1. The van der Waals surface area contributed by atoms with Gasteiger partial charge in [-0.15, -0.1) is 0 Å². The van der Waals surface area contributed by atoms with Crippen LogP contribution < -0.4 is 5.32 Å². The largest absolute Gasteiger partial charge is 0.296 e. The van der Waals surface area contributed by atoms with Crippen LogP contribution in [0.5, 0.6) is 0 Å². The molecule has 1 heterocycles. The molecule has 1 fully saturated rings. The molecule has 18 heavy (non-hydrogen) atoms. The molecule has 2 atom stereocenters. The number of rotatable bonds is 3. The van der Waals surface area contributed by atoms with Gasteiger partial charge in [0.1, 0.15) is 0 Å². The lowest BCUT2D eigenvalue weighted by molar-refractivity contribution is -0.137. The van der Waals surface area contributed by atoms with Crippen LogP contribution >= 0.6 is 0 Å². The predicted octanol–water partition coefficient (Wildman–Crippen LogP) is 2.54. The van der Waals surface area contributed by atoms with Gasteiger partial charge in [0.2, 0.25) is 11.8 Å². The number of carbonyl (C=O) groups is 2. The second kappa shape index (κ2) is 5.34. The summed E-state index contributed by atoms with van der Waals surface area (Å²) >= 11 is 0. The minimum atomic E-state index is -0.152. The maximum Gasteiger partial charge on any atom is 0.230 e. The molecule has 1 aromatic carbocycles. The highest BCUT2D eigenvalue weighted by molar-refractivity contribution is 5.99. The maximum absolute atomic E-state index is 12.0. The van der Waals surface area contributed by atoms with Gasteiger partial charge in [-0.1, -0.05) is 37.6 Å². The smallest absolute Gasteiger partial charge is 0.230 e. The summed E-state index contributed by atoms with van der Waals surface area (Å²) in [5.41, 5.74) is 2.30. The third-order valence-electron chi connectivity index (χ3n) is 3.68. The van der Waals surface area contributed by atoms with Crippen molar-refractivity contribution in [2.75, 3.05) is 0 Å². The first kappa shape index (κ1) is 12.8. The Hall–Kier alpha value is -1.64. The monoisotopic (exact) mass is 245 g/mol. The molecule has 0 bridgehead atoms. The number of benzene rings is 1. The zero-order valence-corrected chi connectivity index (χ0v) is 10.9. The van der Waals surface area contributed by atoms with Gasteiger partial charge >= 0.3 is 0 Å². The van der Waals surface area contributed by atoms with Gasteiger partial charge in [0.25, 0.3) is 0 Å². The third-order valence-corrected chi connectivity index (χ3v) is 3.68. The molecule has 3 nitrogen and oxygen atoms in total. The maximum atomic E-state index is 12.0. The average molecular weight is 245 g/mol. The van der Waals surface area contributed by atoms with Crippen molar-refractivity contribution in [2.45, 2.75) is 39.0 Å². The fraction of sp³-hybridized carbons (Fsp3) is 0.467. The van der Waals surface area contributed by atoms with Gasteiger partial charge in [-0.3, -0.25) is 14.9 Å². The lowest BCUT2D eigenvalue weighted by atomic mass is 9.77. The van der Waals surface area contributed by atoms with Crippen LogP contribution in [0, 0.1) is 12.8 Å². The Morgan fingerprint density at radius 1 is 1.28 bits per heavy atom. The lowest BCUT2D eigenvalue weighted by Gasteiger charge is -2.31. The molecule has 1 aliphatic rings. The molecule has 1 N–H and O–H groups in total. The minimum absolute atomic E-state index is 0.0346. The topological polar surface area (TPSA) is 46.2 Å². The predicted molar refractivity (Wildman–Crippen MR) is 70.1 cm³/mol. The Kier molecular flexibility index (Phi) is 3.80. The van der Waals surface area contributed by atoms with Crippen molar-refractivity contribution >= 4 is 11.8 Å². The zero-order valence-electron chi connectivity index (χ0n) is 10.9. The first-order chi connectivity index (χ1) is 8.63. The van der Waals surface area contributed by atoms with Gasteiger partial charge in [0.15, 0.2) is 0 Å². The number of hydrogen-bond donors (Lipinski definition) is 1. The van der Waals surface area contributed by atoms with Crippen molar-refractivity contribution in [3.63, 3.8) is 0 Å². The summed E-state index contributed by atoms with van der Waals surface area (Å²) in [6, 6.07) is 8.03. The van der Waals surface area contributed by atoms with Crippen LogP contribution in [0.3, 0.4) is 0 Å². The van der Waals surface area contributed by atoms with E-state index in [1.165, 1.54) is 0 Å². The Morgan fingerprint density at radius 2 is 2.00 bits per heavy atom. The van der Waals surface area contributed by atoms with Crippen molar-refractivity contribution < 1.29 is 9.59 Å². The number of amides is 2. The van der Waals surface area contributed by atoms with E-state index in [-0.39, 0.29) is 23.7 Å². The normalized spacial score (nSPS) is 23.9. The molecular weight excluding hydrogens is 226 g/mol. The molecule has 2 amide bonds. The molecule has 2 unspecified atom stereocenters. The summed E-state index contributed by atoms with van der Waals surface area (Å²) in [7, 11) is 0. The van der Waals surface area contributed by atoms with Crippen molar-refractivity contribution in [1.82, 2.24) is 5.32 Å². The van der Waals surface area contributed by atoms with Gasteiger partial charge in [-0.25, -0.2) is 0 Å². The van der Waals surface area contributed by atoms with E-state index in [9.17, 15) is 9.59 Å². The SMILES string of the molecule is CCCC1C(=O)NC(=O)CC1c1ccccc1C. The van der Waals surface area contributed by atoms with Crippen LogP contribution in [0.1, 0.15) is 43.2 Å². The molecular formula is C15H19NO2. The molecule has 0 aromatic heterocycles. The van der Waals surface area contributed by atoms with Gasteiger partial charge in [0, 0.05) is 18.3 Å². The summed E-state index contributed by atoms with van der Waals surface area (Å²) in [5.74, 6) is -0.303. The van der Waals surface area contributed by atoms with Crippen LogP contribution in [0.15, 0.2) is 24.3 Å².